The van der Waals surface area contributed by atoms with Crippen molar-refractivity contribution in [1.82, 2.24) is 0 Å². The first-order valence-corrected chi connectivity index (χ1v) is 3.68. The first-order valence-electron chi connectivity index (χ1n) is 3.68. The van der Waals surface area contributed by atoms with E-state index in [1.165, 1.54) is 0 Å². The Morgan fingerprint density at radius 1 is 0.923 bits per heavy atom. The molecule has 0 saturated heterocycles. The van der Waals surface area contributed by atoms with Gasteiger partial charge in [0.25, 0.3) is 0 Å². The van der Waals surface area contributed by atoms with E-state index >= 15 is 0 Å². The number of hydrogen-bond donors (Lipinski definition) is 2. The maximum atomic E-state index is 9.38. The van der Waals surface area contributed by atoms with Crippen molar-refractivity contribution >= 4 is 24.3 Å². The van der Waals surface area contributed by atoms with Gasteiger partial charge in [-0.15, -0.1) is 0 Å². The minimum Gasteiger partial charge on any atom is -0.508 e. The van der Waals surface area contributed by atoms with Gasteiger partial charge in [0.05, 0.1) is 0 Å². The van der Waals surface area contributed by atoms with Crippen LogP contribution in [-0.2, 0) is 0 Å². The summed E-state index contributed by atoms with van der Waals surface area (Å²) in [6, 6.07) is 10.1. The lowest BCUT2D eigenvalue weighted by atomic mass is 10.1. The van der Waals surface area contributed by atoms with Crippen molar-refractivity contribution in [2.24, 2.45) is 0 Å². The van der Waals surface area contributed by atoms with Crippen LogP contribution in [0.3, 0.4) is 0 Å². The molecule has 2 nitrogen and oxygen atoms in total. The van der Waals surface area contributed by atoms with Crippen LogP contribution in [0.4, 0.5) is 0 Å². The Labute approximate surface area is 82.9 Å². The number of rotatable bonds is 0. The summed E-state index contributed by atoms with van der Waals surface area (Å²) in [5, 5.41) is 20.1. The average Bonchev–Trinajstić information content (AvgIpc) is 2.04. The molecule has 0 amide bonds. The summed E-state index contributed by atoms with van der Waals surface area (Å²) >= 11 is 0. The lowest BCUT2D eigenvalue weighted by Gasteiger charge is -1.99. The molecule has 0 unspecified atom stereocenters. The van der Waals surface area contributed by atoms with Gasteiger partial charge >= 0.3 is 0 Å². The molecule has 0 aliphatic carbocycles. The van der Waals surface area contributed by atoms with Crippen molar-refractivity contribution in [2.45, 2.75) is 0 Å². The third-order valence-corrected chi connectivity index (χ3v) is 1.84. The molecule has 2 aromatic rings. The molecule has 2 rings (SSSR count). The van der Waals surface area contributed by atoms with Crippen LogP contribution < -0.4 is 0 Å². The molecule has 2 N–H and O–H groups in total. The first-order chi connectivity index (χ1) is 5.77. The Kier molecular flexibility index (Phi) is 2.68. The van der Waals surface area contributed by atoms with Gasteiger partial charge in [-0.1, -0.05) is 12.1 Å². The van der Waals surface area contributed by atoms with Crippen molar-refractivity contribution in [3.8, 4) is 11.5 Å². The Morgan fingerprint density at radius 2 is 1.69 bits per heavy atom. The minimum atomic E-state index is 0. The van der Waals surface area contributed by atoms with Gasteiger partial charge in [0.1, 0.15) is 11.5 Å². The SMILES string of the molecule is Oc1ccc2c(O)cccc2c1.S. The fourth-order valence-corrected chi connectivity index (χ4v) is 1.25. The van der Waals surface area contributed by atoms with E-state index in [0.29, 0.717) is 0 Å². The van der Waals surface area contributed by atoms with Crippen LogP contribution in [-0.4, -0.2) is 10.2 Å². The molecule has 2 aromatic carbocycles. The van der Waals surface area contributed by atoms with E-state index in [0.717, 1.165) is 10.8 Å². The molecule has 0 aliphatic heterocycles. The second-order valence-corrected chi connectivity index (χ2v) is 2.68. The van der Waals surface area contributed by atoms with Crippen LogP contribution >= 0.6 is 13.5 Å². The van der Waals surface area contributed by atoms with Gasteiger partial charge in [0, 0.05) is 5.39 Å². The van der Waals surface area contributed by atoms with Crippen LogP contribution in [0.15, 0.2) is 36.4 Å². The lowest BCUT2D eigenvalue weighted by molar-refractivity contribution is 0.475. The summed E-state index contributed by atoms with van der Waals surface area (Å²) in [6.07, 6.45) is 0. The summed E-state index contributed by atoms with van der Waals surface area (Å²) in [5.41, 5.74) is 0. The third kappa shape index (κ3) is 1.70. The molecule has 0 radical (unpaired) electrons. The highest BCUT2D eigenvalue weighted by molar-refractivity contribution is 7.59. The highest BCUT2D eigenvalue weighted by Gasteiger charge is 1.98. The van der Waals surface area contributed by atoms with E-state index < -0.39 is 0 Å². The van der Waals surface area contributed by atoms with E-state index in [2.05, 4.69) is 0 Å². The zero-order valence-electron chi connectivity index (χ0n) is 6.86. The van der Waals surface area contributed by atoms with Crippen molar-refractivity contribution in [3.63, 3.8) is 0 Å². The van der Waals surface area contributed by atoms with Gasteiger partial charge < -0.3 is 10.2 Å². The summed E-state index contributed by atoms with van der Waals surface area (Å²) in [5.74, 6) is 0.459. The van der Waals surface area contributed by atoms with Gasteiger partial charge in [-0.3, -0.25) is 0 Å². The molecule has 0 atom stereocenters. The predicted octanol–water partition coefficient (Wildman–Crippen LogP) is 2.36. The molecular formula is C10H10O2S. The Morgan fingerprint density at radius 3 is 2.46 bits per heavy atom. The summed E-state index contributed by atoms with van der Waals surface area (Å²) < 4.78 is 0. The maximum Gasteiger partial charge on any atom is 0.123 e. The minimum absolute atomic E-state index is 0. The molecule has 68 valence electrons. The number of phenolic OH excluding ortho intramolecular Hbond substituents is 2. The van der Waals surface area contributed by atoms with Crippen LogP contribution in [0.25, 0.3) is 10.8 Å². The van der Waals surface area contributed by atoms with Gasteiger partial charge in [0.2, 0.25) is 0 Å². The largest absolute Gasteiger partial charge is 0.508 e. The fraction of sp³-hybridized carbons (Fsp3) is 0. The van der Waals surface area contributed by atoms with Crippen molar-refractivity contribution in [1.29, 1.82) is 0 Å². The summed E-state index contributed by atoms with van der Waals surface area (Å²) in [4.78, 5) is 0. The van der Waals surface area contributed by atoms with Gasteiger partial charge in [0.15, 0.2) is 0 Å². The second-order valence-electron chi connectivity index (χ2n) is 2.68. The average molecular weight is 194 g/mol. The molecule has 3 heteroatoms. The van der Waals surface area contributed by atoms with Crippen LogP contribution in [0.2, 0.25) is 0 Å². The van der Waals surface area contributed by atoms with E-state index in [1.54, 1.807) is 30.3 Å². The monoisotopic (exact) mass is 194 g/mol. The van der Waals surface area contributed by atoms with Gasteiger partial charge in [-0.25, -0.2) is 0 Å². The predicted molar refractivity (Wildman–Crippen MR) is 57.7 cm³/mol. The molecule has 0 aromatic heterocycles. The molecule has 0 saturated carbocycles. The number of hydrogen-bond acceptors (Lipinski definition) is 2. The lowest BCUT2D eigenvalue weighted by Crippen LogP contribution is -1.72. The van der Waals surface area contributed by atoms with Crippen LogP contribution in [0.1, 0.15) is 0 Å². The number of phenols is 2. The molecule has 0 heterocycles. The number of benzene rings is 2. The van der Waals surface area contributed by atoms with Gasteiger partial charge in [-0.2, -0.15) is 13.5 Å². The zero-order valence-corrected chi connectivity index (χ0v) is 7.86. The number of fused-ring (bicyclic) bond motifs is 1. The summed E-state index contributed by atoms with van der Waals surface area (Å²) in [7, 11) is 0. The van der Waals surface area contributed by atoms with E-state index in [-0.39, 0.29) is 25.0 Å². The molecule has 13 heavy (non-hydrogen) atoms. The molecule has 0 aliphatic rings. The smallest absolute Gasteiger partial charge is 0.123 e. The molecule has 0 spiro atoms. The number of aromatic hydroxyl groups is 2. The third-order valence-electron chi connectivity index (χ3n) is 1.84. The van der Waals surface area contributed by atoms with Crippen LogP contribution in [0, 0.1) is 0 Å². The second kappa shape index (κ2) is 3.58. The normalized spacial score (nSPS) is 9.54. The maximum absolute atomic E-state index is 9.38. The standard InChI is InChI=1S/C10H8O2.H2S/c11-8-4-5-9-7(6-8)2-1-3-10(9)12;/h1-6,11-12H;1H2. The first kappa shape index (κ1) is 9.74. The molecule has 0 fully saturated rings. The zero-order chi connectivity index (χ0) is 8.55. The Bertz CT molecular complexity index is 426. The Balaban J connectivity index is 0.000000845. The highest BCUT2D eigenvalue weighted by atomic mass is 32.1. The Hall–Kier alpha value is -1.35. The van der Waals surface area contributed by atoms with Crippen molar-refractivity contribution in [3.05, 3.63) is 36.4 Å². The quantitative estimate of drug-likeness (QED) is 0.676. The van der Waals surface area contributed by atoms with E-state index in [1.807, 2.05) is 6.07 Å². The van der Waals surface area contributed by atoms with Crippen LogP contribution in [0.5, 0.6) is 11.5 Å². The van der Waals surface area contributed by atoms with Crippen molar-refractivity contribution < 1.29 is 10.2 Å². The highest BCUT2D eigenvalue weighted by Crippen LogP contribution is 2.26. The van der Waals surface area contributed by atoms with Gasteiger partial charge in [-0.05, 0) is 29.7 Å². The molecular weight excluding hydrogens is 184 g/mol. The topological polar surface area (TPSA) is 40.5 Å². The fourth-order valence-electron chi connectivity index (χ4n) is 1.25. The molecule has 0 bridgehead atoms. The van der Waals surface area contributed by atoms with E-state index in [9.17, 15) is 5.11 Å². The van der Waals surface area contributed by atoms with E-state index in [4.69, 9.17) is 5.11 Å². The summed E-state index contributed by atoms with van der Waals surface area (Å²) in [6.45, 7) is 0. The van der Waals surface area contributed by atoms with Crippen molar-refractivity contribution in [2.75, 3.05) is 0 Å².